The Balaban J connectivity index is 2.00. The van der Waals surface area contributed by atoms with Gasteiger partial charge in [-0.15, -0.1) is 0 Å². The summed E-state index contributed by atoms with van der Waals surface area (Å²) >= 11 is 0. The Morgan fingerprint density at radius 3 is 2.57 bits per heavy atom. The molecule has 0 fully saturated rings. The Morgan fingerprint density at radius 2 is 1.95 bits per heavy atom. The first-order chi connectivity index (χ1) is 10.1. The maximum absolute atomic E-state index is 10.8. The molecule has 0 saturated carbocycles. The van der Waals surface area contributed by atoms with Gasteiger partial charge in [-0.2, -0.15) is 0 Å². The minimum atomic E-state index is -0.451. The molecule has 0 heterocycles. The van der Waals surface area contributed by atoms with Crippen LogP contribution in [0.2, 0.25) is 0 Å². The van der Waals surface area contributed by atoms with Crippen LogP contribution < -0.4 is 10.1 Å². The van der Waals surface area contributed by atoms with Crippen molar-refractivity contribution in [2.75, 3.05) is 19.0 Å². The summed E-state index contributed by atoms with van der Waals surface area (Å²) in [5.41, 5.74) is 1.69. The monoisotopic (exact) mass is 288 g/mol. The van der Waals surface area contributed by atoms with E-state index in [1.54, 1.807) is 18.2 Å². The number of nitro groups is 1. The predicted octanol–water partition coefficient (Wildman–Crippen LogP) is 2.96. The van der Waals surface area contributed by atoms with Crippen molar-refractivity contribution in [1.29, 1.82) is 0 Å². The number of rotatable bonds is 6. The van der Waals surface area contributed by atoms with Gasteiger partial charge in [0.25, 0.3) is 5.69 Å². The first-order valence-corrected chi connectivity index (χ1v) is 6.44. The summed E-state index contributed by atoms with van der Waals surface area (Å²) in [4.78, 5) is 10.4. The van der Waals surface area contributed by atoms with Gasteiger partial charge in [0, 0.05) is 24.4 Å². The summed E-state index contributed by atoms with van der Waals surface area (Å²) in [6, 6.07) is 11.5. The summed E-state index contributed by atoms with van der Waals surface area (Å²) in [5, 5.41) is 23.2. The molecular formula is C15H16N2O4. The lowest BCUT2D eigenvalue weighted by atomic mass is 10.1. The van der Waals surface area contributed by atoms with E-state index >= 15 is 0 Å². The van der Waals surface area contributed by atoms with E-state index in [1.807, 2.05) is 12.1 Å². The molecule has 0 atom stereocenters. The van der Waals surface area contributed by atoms with Gasteiger partial charge in [-0.05, 0) is 24.1 Å². The topological polar surface area (TPSA) is 84.6 Å². The molecule has 0 aliphatic rings. The van der Waals surface area contributed by atoms with Gasteiger partial charge in [0.2, 0.25) is 0 Å². The fourth-order valence-corrected chi connectivity index (χ4v) is 1.92. The van der Waals surface area contributed by atoms with Crippen LogP contribution in [0.4, 0.5) is 11.4 Å². The molecule has 0 aromatic heterocycles. The molecule has 110 valence electrons. The number of methoxy groups -OCH3 is 1. The second-order valence-corrected chi connectivity index (χ2v) is 4.52. The lowest BCUT2D eigenvalue weighted by molar-refractivity contribution is -0.384. The fraction of sp³-hybridized carbons (Fsp3) is 0.200. The molecule has 0 spiro atoms. The molecule has 2 N–H and O–H groups in total. The highest BCUT2D eigenvalue weighted by atomic mass is 16.6. The fourth-order valence-electron chi connectivity index (χ4n) is 1.92. The third kappa shape index (κ3) is 4.10. The molecule has 0 amide bonds. The number of benzene rings is 2. The minimum absolute atomic E-state index is 0.0125. The first-order valence-electron chi connectivity index (χ1n) is 6.44. The van der Waals surface area contributed by atoms with Crippen LogP contribution in [0.25, 0.3) is 0 Å². The highest BCUT2D eigenvalue weighted by Crippen LogP contribution is 2.25. The second kappa shape index (κ2) is 6.60. The van der Waals surface area contributed by atoms with E-state index in [-0.39, 0.29) is 11.4 Å². The van der Waals surface area contributed by atoms with Crippen LogP contribution in [0.3, 0.4) is 0 Å². The lowest BCUT2D eigenvalue weighted by Crippen LogP contribution is -2.05. The molecule has 2 aromatic carbocycles. The SMILES string of the molecule is COc1cc(NCCc2ccc(O)cc2)cc([N+](=O)[O-])c1. The number of phenolic OH excluding ortho intramolecular Hbond substituents is 1. The van der Waals surface area contributed by atoms with E-state index in [0.29, 0.717) is 18.0 Å². The van der Waals surface area contributed by atoms with Crippen LogP contribution in [0.5, 0.6) is 11.5 Å². The van der Waals surface area contributed by atoms with E-state index in [0.717, 1.165) is 12.0 Å². The lowest BCUT2D eigenvalue weighted by Gasteiger charge is -2.08. The number of nitrogens with zero attached hydrogens (tertiary/aromatic N) is 1. The normalized spacial score (nSPS) is 10.1. The number of anilines is 1. The minimum Gasteiger partial charge on any atom is -0.508 e. The van der Waals surface area contributed by atoms with E-state index in [2.05, 4.69) is 5.32 Å². The predicted molar refractivity (Wildman–Crippen MR) is 79.9 cm³/mol. The Kier molecular flexibility index (Phi) is 4.61. The summed E-state index contributed by atoms with van der Waals surface area (Å²) in [6.45, 7) is 0.620. The number of phenols is 1. The number of non-ortho nitro benzene ring substituents is 1. The number of nitro benzene ring substituents is 1. The third-order valence-corrected chi connectivity index (χ3v) is 3.02. The largest absolute Gasteiger partial charge is 0.508 e. The molecule has 0 aliphatic carbocycles. The third-order valence-electron chi connectivity index (χ3n) is 3.02. The average molecular weight is 288 g/mol. The Hall–Kier alpha value is -2.76. The Labute approximate surface area is 122 Å². The zero-order valence-electron chi connectivity index (χ0n) is 11.6. The molecule has 0 saturated heterocycles. The van der Waals surface area contributed by atoms with Gasteiger partial charge in [-0.25, -0.2) is 0 Å². The Morgan fingerprint density at radius 1 is 1.24 bits per heavy atom. The number of ether oxygens (including phenoxy) is 1. The number of hydrogen-bond acceptors (Lipinski definition) is 5. The number of hydrogen-bond donors (Lipinski definition) is 2. The van der Waals surface area contributed by atoms with Crippen molar-refractivity contribution < 1.29 is 14.8 Å². The number of aromatic hydroxyl groups is 1. The molecule has 0 unspecified atom stereocenters. The van der Waals surface area contributed by atoms with E-state index in [9.17, 15) is 15.2 Å². The van der Waals surface area contributed by atoms with Gasteiger partial charge in [-0.1, -0.05) is 12.1 Å². The molecule has 6 heteroatoms. The van der Waals surface area contributed by atoms with Crippen LogP contribution in [-0.2, 0) is 6.42 Å². The zero-order valence-corrected chi connectivity index (χ0v) is 11.6. The van der Waals surface area contributed by atoms with Crippen molar-refractivity contribution in [1.82, 2.24) is 0 Å². The van der Waals surface area contributed by atoms with Crippen molar-refractivity contribution in [2.45, 2.75) is 6.42 Å². The van der Waals surface area contributed by atoms with Crippen LogP contribution >= 0.6 is 0 Å². The molecule has 0 bridgehead atoms. The molecule has 2 aromatic rings. The van der Waals surface area contributed by atoms with E-state index < -0.39 is 4.92 Å². The molecule has 0 radical (unpaired) electrons. The summed E-state index contributed by atoms with van der Waals surface area (Å²) < 4.78 is 5.05. The van der Waals surface area contributed by atoms with Crippen molar-refractivity contribution in [3.05, 3.63) is 58.1 Å². The van der Waals surface area contributed by atoms with Gasteiger partial charge in [0.05, 0.1) is 18.1 Å². The zero-order chi connectivity index (χ0) is 15.2. The first kappa shape index (κ1) is 14.6. The summed E-state index contributed by atoms with van der Waals surface area (Å²) in [6.07, 6.45) is 0.741. The van der Waals surface area contributed by atoms with Crippen LogP contribution in [-0.4, -0.2) is 23.7 Å². The van der Waals surface area contributed by atoms with Crippen LogP contribution in [0, 0.1) is 10.1 Å². The van der Waals surface area contributed by atoms with Gasteiger partial charge < -0.3 is 15.2 Å². The van der Waals surface area contributed by atoms with Crippen molar-refractivity contribution >= 4 is 11.4 Å². The quantitative estimate of drug-likeness (QED) is 0.630. The molecular weight excluding hydrogens is 272 g/mol. The van der Waals surface area contributed by atoms with Gasteiger partial charge in [0.15, 0.2) is 0 Å². The van der Waals surface area contributed by atoms with Crippen molar-refractivity contribution in [3.63, 3.8) is 0 Å². The number of nitrogens with one attached hydrogen (secondary N) is 1. The molecule has 6 nitrogen and oxygen atoms in total. The smallest absolute Gasteiger partial charge is 0.275 e. The van der Waals surface area contributed by atoms with Crippen molar-refractivity contribution in [2.24, 2.45) is 0 Å². The van der Waals surface area contributed by atoms with E-state index in [4.69, 9.17) is 4.74 Å². The summed E-state index contributed by atoms with van der Waals surface area (Å²) in [7, 11) is 1.47. The molecule has 21 heavy (non-hydrogen) atoms. The average Bonchev–Trinajstić information content (AvgIpc) is 2.49. The van der Waals surface area contributed by atoms with Gasteiger partial charge in [0.1, 0.15) is 11.5 Å². The van der Waals surface area contributed by atoms with Crippen molar-refractivity contribution in [3.8, 4) is 11.5 Å². The highest BCUT2D eigenvalue weighted by Gasteiger charge is 2.09. The van der Waals surface area contributed by atoms with Crippen LogP contribution in [0.15, 0.2) is 42.5 Å². The molecule has 2 rings (SSSR count). The Bertz CT molecular complexity index is 626. The highest BCUT2D eigenvalue weighted by molar-refractivity contribution is 5.56. The standard InChI is InChI=1S/C15H16N2O4/c1-21-15-9-12(8-13(10-15)17(19)20)16-7-6-11-2-4-14(18)5-3-11/h2-5,8-10,16,18H,6-7H2,1H3. The second-order valence-electron chi connectivity index (χ2n) is 4.52. The van der Waals surface area contributed by atoms with Crippen LogP contribution in [0.1, 0.15) is 5.56 Å². The molecule has 0 aliphatic heterocycles. The maximum atomic E-state index is 10.8. The summed E-state index contributed by atoms with van der Waals surface area (Å²) in [5.74, 6) is 0.673. The maximum Gasteiger partial charge on any atom is 0.275 e. The van der Waals surface area contributed by atoms with Gasteiger partial charge >= 0.3 is 0 Å². The van der Waals surface area contributed by atoms with E-state index in [1.165, 1.54) is 19.2 Å². The van der Waals surface area contributed by atoms with Gasteiger partial charge in [-0.3, -0.25) is 10.1 Å².